The number of carbonyl (C=O) groups excluding carboxylic acids is 3. The molecule has 1 aromatic rings. The number of aryl methyl sites for hydroxylation is 1. The Morgan fingerprint density at radius 2 is 2.05 bits per heavy atom. The van der Waals surface area contributed by atoms with Gasteiger partial charge in [0, 0.05) is 24.8 Å². The zero-order valence-corrected chi connectivity index (χ0v) is 12.6. The van der Waals surface area contributed by atoms with Crippen LogP contribution in [0.15, 0.2) is 12.3 Å². The van der Waals surface area contributed by atoms with Crippen LogP contribution in [-0.2, 0) is 16.6 Å². The Labute approximate surface area is 123 Å². The standard InChI is InChI=1S/C15H20N2O4/c1-4-21-14(19)9-17(12-5-6-12)15(20)13-7-11(10(2)18)8-16(13)3/h7-8,12H,4-6,9H2,1-3H3. The highest BCUT2D eigenvalue weighted by Crippen LogP contribution is 2.28. The Bertz CT molecular complexity index is 572. The second kappa shape index (κ2) is 6.11. The summed E-state index contributed by atoms with van der Waals surface area (Å²) in [7, 11) is 1.72. The van der Waals surface area contributed by atoms with E-state index in [4.69, 9.17) is 4.74 Å². The number of hydrogen-bond acceptors (Lipinski definition) is 4. The number of aromatic nitrogens is 1. The minimum Gasteiger partial charge on any atom is -0.465 e. The van der Waals surface area contributed by atoms with Gasteiger partial charge in [-0.1, -0.05) is 0 Å². The predicted octanol–water partition coefficient (Wildman–Crippen LogP) is 1.40. The van der Waals surface area contributed by atoms with Crippen LogP contribution >= 0.6 is 0 Å². The Kier molecular flexibility index (Phi) is 4.45. The zero-order valence-electron chi connectivity index (χ0n) is 12.6. The first kappa shape index (κ1) is 15.3. The number of nitrogens with zero attached hydrogens (tertiary/aromatic N) is 2. The molecule has 0 bridgehead atoms. The first-order valence-electron chi connectivity index (χ1n) is 7.08. The molecule has 2 rings (SSSR count). The molecule has 0 unspecified atom stereocenters. The van der Waals surface area contributed by atoms with Crippen LogP contribution in [0.5, 0.6) is 0 Å². The summed E-state index contributed by atoms with van der Waals surface area (Å²) < 4.78 is 6.54. The average molecular weight is 292 g/mol. The maximum absolute atomic E-state index is 12.6. The number of ketones is 1. The van der Waals surface area contributed by atoms with E-state index in [1.54, 1.807) is 30.8 Å². The second-order valence-electron chi connectivity index (χ2n) is 5.25. The molecule has 0 radical (unpaired) electrons. The molecular formula is C15H20N2O4. The topological polar surface area (TPSA) is 68.6 Å². The number of amides is 1. The summed E-state index contributed by atoms with van der Waals surface area (Å²) in [4.78, 5) is 37.2. The minimum atomic E-state index is -0.404. The van der Waals surface area contributed by atoms with Crippen LogP contribution in [0.25, 0.3) is 0 Å². The smallest absolute Gasteiger partial charge is 0.325 e. The van der Waals surface area contributed by atoms with Crippen LogP contribution < -0.4 is 0 Å². The molecule has 1 amide bonds. The van der Waals surface area contributed by atoms with Crippen molar-refractivity contribution >= 4 is 17.7 Å². The fraction of sp³-hybridized carbons (Fsp3) is 0.533. The molecule has 0 aromatic carbocycles. The van der Waals surface area contributed by atoms with E-state index < -0.39 is 5.97 Å². The molecule has 0 aliphatic heterocycles. The molecule has 1 aliphatic rings. The van der Waals surface area contributed by atoms with Gasteiger partial charge in [0.15, 0.2) is 5.78 Å². The van der Waals surface area contributed by atoms with Crippen LogP contribution in [-0.4, -0.2) is 46.3 Å². The molecule has 1 heterocycles. The lowest BCUT2D eigenvalue weighted by Crippen LogP contribution is -2.39. The van der Waals surface area contributed by atoms with Gasteiger partial charge in [-0.2, -0.15) is 0 Å². The summed E-state index contributed by atoms with van der Waals surface area (Å²) in [6.45, 7) is 3.44. The van der Waals surface area contributed by atoms with Crippen LogP contribution in [0.3, 0.4) is 0 Å². The lowest BCUT2D eigenvalue weighted by Gasteiger charge is -2.21. The summed E-state index contributed by atoms with van der Waals surface area (Å²) in [5.41, 5.74) is 0.907. The van der Waals surface area contributed by atoms with E-state index in [1.165, 1.54) is 11.8 Å². The SMILES string of the molecule is CCOC(=O)CN(C(=O)c1cc(C(C)=O)cn1C)C1CC1. The van der Waals surface area contributed by atoms with Crippen LogP contribution in [0.4, 0.5) is 0 Å². The van der Waals surface area contributed by atoms with Crippen LogP contribution in [0, 0.1) is 0 Å². The largest absolute Gasteiger partial charge is 0.465 e. The maximum atomic E-state index is 12.6. The average Bonchev–Trinajstić information content (AvgIpc) is 3.18. The number of carbonyl (C=O) groups is 3. The van der Waals surface area contributed by atoms with Crippen molar-refractivity contribution in [3.8, 4) is 0 Å². The van der Waals surface area contributed by atoms with Gasteiger partial charge >= 0.3 is 5.97 Å². The first-order chi connectivity index (χ1) is 9.93. The quantitative estimate of drug-likeness (QED) is 0.587. The van der Waals surface area contributed by atoms with E-state index >= 15 is 0 Å². The molecule has 1 saturated carbocycles. The molecule has 0 saturated heterocycles. The third-order valence-electron chi connectivity index (χ3n) is 3.48. The molecule has 6 nitrogen and oxygen atoms in total. The molecule has 1 fully saturated rings. The lowest BCUT2D eigenvalue weighted by atomic mass is 10.2. The number of esters is 1. The summed E-state index contributed by atoms with van der Waals surface area (Å²) >= 11 is 0. The molecule has 0 spiro atoms. The Morgan fingerprint density at radius 1 is 1.38 bits per heavy atom. The molecule has 6 heteroatoms. The van der Waals surface area contributed by atoms with Crippen molar-refractivity contribution < 1.29 is 19.1 Å². The number of Topliss-reactive ketones (excluding diaryl/α,β-unsaturated/α-hetero) is 1. The number of ether oxygens (including phenoxy) is 1. The number of rotatable bonds is 6. The molecule has 0 N–H and O–H groups in total. The Morgan fingerprint density at radius 3 is 2.52 bits per heavy atom. The van der Waals surface area contributed by atoms with Gasteiger partial charge in [0.1, 0.15) is 12.2 Å². The van der Waals surface area contributed by atoms with Crippen molar-refractivity contribution in [2.75, 3.05) is 13.2 Å². The summed E-state index contributed by atoms with van der Waals surface area (Å²) in [6, 6.07) is 1.67. The Hall–Kier alpha value is -2.11. The van der Waals surface area contributed by atoms with Gasteiger partial charge in [0.2, 0.25) is 0 Å². The fourth-order valence-corrected chi connectivity index (χ4v) is 2.22. The third kappa shape index (κ3) is 3.51. The molecule has 0 atom stereocenters. The fourth-order valence-electron chi connectivity index (χ4n) is 2.22. The van der Waals surface area contributed by atoms with E-state index in [-0.39, 0.29) is 24.3 Å². The van der Waals surface area contributed by atoms with E-state index in [0.717, 1.165) is 12.8 Å². The second-order valence-corrected chi connectivity index (χ2v) is 5.25. The zero-order chi connectivity index (χ0) is 15.6. The van der Waals surface area contributed by atoms with Gasteiger partial charge in [0.25, 0.3) is 5.91 Å². The van der Waals surface area contributed by atoms with E-state index in [2.05, 4.69) is 0 Å². The van der Waals surface area contributed by atoms with Gasteiger partial charge < -0.3 is 14.2 Å². The molecular weight excluding hydrogens is 272 g/mol. The Balaban J connectivity index is 2.18. The monoisotopic (exact) mass is 292 g/mol. The van der Waals surface area contributed by atoms with Gasteiger partial charge in [-0.25, -0.2) is 0 Å². The van der Waals surface area contributed by atoms with Crippen molar-refractivity contribution in [1.82, 2.24) is 9.47 Å². The van der Waals surface area contributed by atoms with Crippen molar-refractivity contribution in [1.29, 1.82) is 0 Å². The minimum absolute atomic E-state index is 0.0437. The molecule has 1 aromatic heterocycles. The number of hydrogen-bond donors (Lipinski definition) is 0. The van der Waals surface area contributed by atoms with E-state index in [0.29, 0.717) is 17.9 Å². The van der Waals surface area contributed by atoms with Crippen molar-refractivity contribution in [3.05, 3.63) is 23.5 Å². The molecule has 1 aliphatic carbocycles. The van der Waals surface area contributed by atoms with Crippen LogP contribution in [0.1, 0.15) is 47.5 Å². The van der Waals surface area contributed by atoms with E-state index in [1.807, 2.05) is 0 Å². The molecule has 21 heavy (non-hydrogen) atoms. The van der Waals surface area contributed by atoms with Gasteiger partial charge in [-0.05, 0) is 32.8 Å². The highest BCUT2D eigenvalue weighted by Gasteiger charge is 2.35. The van der Waals surface area contributed by atoms with Crippen molar-refractivity contribution in [2.24, 2.45) is 7.05 Å². The normalized spacial score (nSPS) is 13.9. The van der Waals surface area contributed by atoms with Crippen molar-refractivity contribution in [2.45, 2.75) is 32.7 Å². The summed E-state index contributed by atoms with van der Waals surface area (Å²) in [6.07, 6.45) is 3.43. The summed E-state index contributed by atoms with van der Waals surface area (Å²) in [5, 5.41) is 0. The van der Waals surface area contributed by atoms with Gasteiger partial charge in [-0.15, -0.1) is 0 Å². The highest BCUT2D eigenvalue weighted by molar-refractivity contribution is 6.00. The van der Waals surface area contributed by atoms with Gasteiger partial charge in [0.05, 0.1) is 6.61 Å². The lowest BCUT2D eigenvalue weighted by molar-refractivity contribution is -0.144. The van der Waals surface area contributed by atoms with Gasteiger partial charge in [-0.3, -0.25) is 14.4 Å². The third-order valence-corrected chi connectivity index (χ3v) is 3.48. The van der Waals surface area contributed by atoms with E-state index in [9.17, 15) is 14.4 Å². The highest BCUT2D eigenvalue weighted by atomic mass is 16.5. The first-order valence-corrected chi connectivity index (χ1v) is 7.08. The molecule has 114 valence electrons. The van der Waals surface area contributed by atoms with Crippen molar-refractivity contribution in [3.63, 3.8) is 0 Å². The predicted molar refractivity (Wildman–Crippen MR) is 76.1 cm³/mol. The summed E-state index contributed by atoms with van der Waals surface area (Å²) in [5.74, 6) is -0.729. The maximum Gasteiger partial charge on any atom is 0.325 e. The van der Waals surface area contributed by atoms with Crippen LogP contribution in [0.2, 0.25) is 0 Å².